The Labute approximate surface area is 115 Å². The van der Waals surface area contributed by atoms with E-state index in [-0.39, 0.29) is 3.74 Å². The van der Waals surface area contributed by atoms with E-state index in [9.17, 15) is 0 Å². The fraction of sp³-hybridized carbons (Fsp3) is 0.0769. The van der Waals surface area contributed by atoms with Gasteiger partial charge in [-0.15, -0.1) is 0 Å². The highest BCUT2D eigenvalue weighted by molar-refractivity contribution is 9.24. The third kappa shape index (κ3) is 1.96. The summed E-state index contributed by atoms with van der Waals surface area (Å²) in [5.74, 6) is 0. The lowest BCUT2D eigenvalue weighted by atomic mass is 10.1. The molecule has 0 bridgehead atoms. The Hall–Kier alpha value is -1.00. The van der Waals surface area contributed by atoms with Gasteiger partial charge in [-0.25, -0.2) is 4.98 Å². The highest BCUT2D eigenvalue weighted by Gasteiger charge is 2.07. The molecule has 2 nitrogen and oxygen atoms in total. The number of nitrogens with zero attached hydrogens (tertiary/aromatic N) is 2. The summed E-state index contributed by atoms with van der Waals surface area (Å²) in [5, 5.41) is 2.23. The molecule has 4 heteroatoms. The van der Waals surface area contributed by atoms with Crippen LogP contribution in [0.25, 0.3) is 21.8 Å². The molecule has 17 heavy (non-hydrogen) atoms. The van der Waals surface area contributed by atoms with Gasteiger partial charge in [0.1, 0.15) is 3.74 Å². The SMILES string of the molecule is BrC(Br)c1ccc2ccc3cccnc3c2n1. The summed E-state index contributed by atoms with van der Waals surface area (Å²) in [5.41, 5.74) is 2.85. The molecule has 0 aliphatic heterocycles. The van der Waals surface area contributed by atoms with E-state index in [0.717, 1.165) is 27.5 Å². The van der Waals surface area contributed by atoms with Crippen molar-refractivity contribution in [3.05, 3.63) is 48.3 Å². The second-order valence-electron chi connectivity index (χ2n) is 3.75. The number of pyridine rings is 2. The summed E-state index contributed by atoms with van der Waals surface area (Å²) < 4.78 is 0.0679. The smallest absolute Gasteiger partial charge is 0.112 e. The van der Waals surface area contributed by atoms with Crippen LogP contribution in [0.1, 0.15) is 9.43 Å². The zero-order valence-electron chi connectivity index (χ0n) is 8.77. The zero-order valence-corrected chi connectivity index (χ0v) is 11.9. The number of halogens is 2. The molecular weight excluding hydrogens is 344 g/mol. The van der Waals surface area contributed by atoms with E-state index in [1.807, 2.05) is 12.1 Å². The molecule has 1 aromatic carbocycles. The van der Waals surface area contributed by atoms with Gasteiger partial charge < -0.3 is 0 Å². The van der Waals surface area contributed by atoms with Crippen molar-refractivity contribution in [2.45, 2.75) is 3.74 Å². The molecule has 0 aliphatic rings. The molecule has 0 radical (unpaired) electrons. The van der Waals surface area contributed by atoms with E-state index in [4.69, 9.17) is 0 Å². The first-order valence-electron chi connectivity index (χ1n) is 5.18. The fourth-order valence-corrected chi connectivity index (χ4v) is 2.37. The van der Waals surface area contributed by atoms with Gasteiger partial charge in [0.25, 0.3) is 0 Å². The van der Waals surface area contributed by atoms with Crippen molar-refractivity contribution in [3.8, 4) is 0 Å². The van der Waals surface area contributed by atoms with Gasteiger partial charge in [0, 0.05) is 17.0 Å². The Bertz CT molecular complexity index is 695. The monoisotopic (exact) mass is 350 g/mol. The summed E-state index contributed by atoms with van der Waals surface area (Å²) in [6, 6.07) is 12.2. The number of rotatable bonds is 1. The number of hydrogen-bond donors (Lipinski definition) is 0. The van der Waals surface area contributed by atoms with Crippen molar-refractivity contribution in [2.75, 3.05) is 0 Å². The predicted molar refractivity (Wildman–Crippen MR) is 77.6 cm³/mol. The van der Waals surface area contributed by atoms with Crippen LogP contribution in [-0.4, -0.2) is 9.97 Å². The van der Waals surface area contributed by atoms with Crippen LogP contribution in [0, 0.1) is 0 Å². The molecule has 0 amide bonds. The van der Waals surface area contributed by atoms with Gasteiger partial charge in [0.05, 0.1) is 16.7 Å². The minimum absolute atomic E-state index is 0.0679. The van der Waals surface area contributed by atoms with Gasteiger partial charge in [0.2, 0.25) is 0 Å². The van der Waals surface area contributed by atoms with Crippen LogP contribution < -0.4 is 0 Å². The number of fused-ring (bicyclic) bond motifs is 3. The molecule has 3 aromatic rings. The molecule has 0 atom stereocenters. The van der Waals surface area contributed by atoms with Crippen LogP contribution in [0.15, 0.2) is 42.6 Å². The van der Waals surface area contributed by atoms with E-state index in [1.54, 1.807) is 6.20 Å². The van der Waals surface area contributed by atoms with Crippen molar-refractivity contribution >= 4 is 53.7 Å². The largest absolute Gasteiger partial charge is 0.254 e. The zero-order chi connectivity index (χ0) is 11.8. The summed E-state index contributed by atoms with van der Waals surface area (Å²) in [4.78, 5) is 9.06. The first kappa shape index (κ1) is 11.1. The first-order valence-corrected chi connectivity index (χ1v) is 7.01. The third-order valence-corrected chi connectivity index (χ3v) is 3.62. The minimum atomic E-state index is 0.0679. The van der Waals surface area contributed by atoms with Crippen LogP contribution in [0.5, 0.6) is 0 Å². The molecule has 0 saturated heterocycles. The van der Waals surface area contributed by atoms with Gasteiger partial charge >= 0.3 is 0 Å². The summed E-state index contributed by atoms with van der Waals surface area (Å²) >= 11 is 6.93. The van der Waals surface area contributed by atoms with Crippen LogP contribution >= 0.6 is 31.9 Å². The van der Waals surface area contributed by atoms with E-state index in [1.165, 1.54) is 0 Å². The molecule has 84 valence electrons. The van der Waals surface area contributed by atoms with E-state index in [2.05, 4.69) is 66.1 Å². The Morgan fingerprint density at radius 2 is 1.59 bits per heavy atom. The van der Waals surface area contributed by atoms with Gasteiger partial charge in [-0.1, -0.05) is 56.1 Å². The van der Waals surface area contributed by atoms with Crippen molar-refractivity contribution in [3.63, 3.8) is 0 Å². The van der Waals surface area contributed by atoms with Gasteiger partial charge in [0.15, 0.2) is 0 Å². The molecule has 3 rings (SSSR count). The van der Waals surface area contributed by atoms with Crippen molar-refractivity contribution in [2.24, 2.45) is 0 Å². The van der Waals surface area contributed by atoms with Crippen molar-refractivity contribution in [1.82, 2.24) is 9.97 Å². The lowest BCUT2D eigenvalue weighted by Gasteiger charge is -2.05. The number of alkyl halides is 2. The number of benzene rings is 1. The second-order valence-corrected chi connectivity index (χ2v) is 6.81. The standard InChI is InChI=1S/C13H8Br2N2/c14-13(15)10-6-5-9-4-3-8-2-1-7-16-11(8)12(9)17-10/h1-7,13H. The summed E-state index contributed by atoms with van der Waals surface area (Å²) in [6.07, 6.45) is 1.80. The molecule has 2 heterocycles. The Morgan fingerprint density at radius 1 is 0.882 bits per heavy atom. The van der Waals surface area contributed by atoms with Crippen molar-refractivity contribution in [1.29, 1.82) is 0 Å². The Kier molecular flexibility index (Phi) is 2.84. The van der Waals surface area contributed by atoms with Gasteiger partial charge in [-0.05, 0) is 12.1 Å². The predicted octanol–water partition coefficient (Wildman–Crippen LogP) is 4.57. The van der Waals surface area contributed by atoms with E-state index < -0.39 is 0 Å². The summed E-state index contributed by atoms with van der Waals surface area (Å²) in [7, 11) is 0. The lowest BCUT2D eigenvalue weighted by molar-refractivity contribution is 1.23. The number of hydrogen-bond acceptors (Lipinski definition) is 2. The third-order valence-electron chi connectivity index (χ3n) is 2.68. The number of aromatic nitrogens is 2. The van der Waals surface area contributed by atoms with Gasteiger partial charge in [-0.2, -0.15) is 0 Å². The quantitative estimate of drug-likeness (QED) is 0.474. The van der Waals surface area contributed by atoms with Crippen LogP contribution in [0.4, 0.5) is 0 Å². The van der Waals surface area contributed by atoms with E-state index in [0.29, 0.717) is 0 Å². The topological polar surface area (TPSA) is 25.8 Å². The average molecular weight is 352 g/mol. The minimum Gasteiger partial charge on any atom is -0.254 e. The highest BCUT2D eigenvalue weighted by Crippen LogP contribution is 2.30. The van der Waals surface area contributed by atoms with E-state index >= 15 is 0 Å². The Balaban J connectivity index is 2.42. The molecule has 0 saturated carbocycles. The van der Waals surface area contributed by atoms with Crippen LogP contribution in [-0.2, 0) is 0 Å². The molecule has 2 aromatic heterocycles. The fourth-order valence-electron chi connectivity index (χ4n) is 1.86. The molecular formula is C13H8Br2N2. The lowest BCUT2D eigenvalue weighted by Crippen LogP contribution is -1.90. The maximum Gasteiger partial charge on any atom is 0.112 e. The highest BCUT2D eigenvalue weighted by atomic mass is 79.9. The molecule has 0 unspecified atom stereocenters. The second kappa shape index (κ2) is 4.35. The van der Waals surface area contributed by atoms with Crippen LogP contribution in [0.3, 0.4) is 0 Å². The molecule has 0 aliphatic carbocycles. The normalized spacial score (nSPS) is 11.5. The average Bonchev–Trinajstić information content (AvgIpc) is 2.38. The van der Waals surface area contributed by atoms with Gasteiger partial charge in [-0.3, -0.25) is 4.98 Å². The molecule has 0 N–H and O–H groups in total. The maximum atomic E-state index is 4.65. The first-order chi connectivity index (χ1) is 8.25. The maximum absolute atomic E-state index is 4.65. The molecule has 0 fully saturated rings. The van der Waals surface area contributed by atoms with Crippen LogP contribution in [0.2, 0.25) is 0 Å². The van der Waals surface area contributed by atoms with Crippen molar-refractivity contribution < 1.29 is 0 Å². The molecule has 0 spiro atoms. The summed E-state index contributed by atoms with van der Waals surface area (Å²) in [6.45, 7) is 0. The Morgan fingerprint density at radius 3 is 2.35 bits per heavy atom.